The van der Waals surface area contributed by atoms with E-state index in [1.807, 2.05) is 49.3 Å². The third-order valence-electron chi connectivity index (χ3n) is 6.86. The van der Waals surface area contributed by atoms with Crippen LogP contribution in [0.3, 0.4) is 0 Å². The lowest BCUT2D eigenvalue weighted by Crippen LogP contribution is -2.27. The Labute approximate surface area is 219 Å². The SMILES string of the molecule is COC[C@H]1O[C@@H](n2cnc3c(=O)[nH]c(NCCC(=O)c4ccc5cc(N(C)C)ccc5c4)nc32)C[C@@H]1OC. The number of rotatable bonds is 10. The van der Waals surface area contributed by atoms with Crippen LogP contribution in [0.25, 0.3) is 21.9 Å². The van der Waals surface area contributed by atoms with Gasteiger partial charge in [-0.2, -0.15) is 4.98 Å². The van der Waals surface area contributed by atoms with E-state index in [4.69, 9.17) is 14.2 Å². The number of nitrogens with zero attached hydrogens (tertiary/aromatic N) is 4. The highest BCUT2D eigenvalue weighted by molar-refractivity contribution is 6.00. The minimum absolute atomic E-state index is 0.00120. The maximum Gasteiger partial charge on any atom is 0.280 e. The van der Waals surface area contributed by atoms with E-state index in [-0.39, 0.29) is 41.4 Å². The van der Waals surface area contributed by atoms with E-state index in [1.54, 1.807) is 25.1 Å². The number of benzene rings is 2. The zero-order chi connectivity index (χ0) is 26.8. The van der Waals surface area contributed by atoms with Gasteiger partial charge in [0.25, 0.3) is 5.56 Å². The smallest absolute Gasteiger partial charge is 0.280 e. The fourth-order valence-corrected chi connectivity index (χ4v) is 4.78. The topological polar surface area (TPSA) is 124 Å². The van der Waals surface area contributed by atoms with Crippen molar-refractivity contribution in [2.75, 3.05) is 51.7 Å². The van der Waals surface area contributed by atoms with Crippen LogP contribution in [0, 0.1) is 0 Å². The number of anilines is 2. The molecule has 0 saturated carbocycles. The molecule has 38 heavy (non-hydrogen) atoms. The Morgan fingerprint density at radius 1 is 1.21 bits per heavy atom. The number of ketones is 1. The molecular weight excluding hydrogens is 488 g/mol. The predicted molar refractivity (Wildman–Crippen MR) is 145 cm³/mol. The first-order chi connectivity index (χ1) is 18.4. The molecule has 200 valence electrons. The van der Waals surface area contributed by atoms with Gasteiger partial charge >= 0.3 is 0 Å². The normalized spacial score (nSPS) is 19.3. The maximum absolute atomic E-state index is 12.9. The van der Waals surface area contributed by atoms with Crippen molar-refractivity contribution >= 4 is 39.4 Å². The first kappa shape index (κ1) is 25.8. The molecule has 0 aliphatic carbocycles. The van der Waals surface area contributed by atoms with Crippen LogP contribution >= 0.6 is 0 Å². The Hall–Kier alpha value is -3.80. The molecule has 11 heteroatoms. The van der Waals surface area contributed by atoms with Gasteiger partial charge in [0.15, 0.2) is 16.9 Å². The number of methoxy groups -OCH3 is 2. The van der Waals surface area contributed by atoms with Crippen molar-refractivity contribution in [3.05, 3.63) is 58.6 Å². The fraction of sp³-hybridized carbons (Fsp3) is 0.407. The van der Waals surface area contributed by atoms with Crippen molar-refractivity contribution in [3.8, 4) is 0 Å². The molecular formula is C27H32N6O5. The Balaban J connectivity index is 1.27. The summed E-state index contributed by atoms with van der Waals surface area (Å²) in [6.07, 6.45) is 1.59. The van der Waals surface area contributed by atoms with Gasteiger partial charge in [-0.25, -0.2) is 4.98 Å². The van der Waals surface area contributed by atoms with Crippen molar-refractivity contribution in [3.63, 3.8) is 0 Å². The van der Waals surface area contributed by atoms with Crippen molar-refractivity contribution in [1.82, 2.24) is 19.5 Å². The minimum atomic E-state index is -0.393. The summed E-state index contributed by atoms with van der Waals surface area (Å²) in [6.45, 7) is 0.700. The van der Waals surface area contributed by atoms with E-state index < -0.39 is 6.23 Å². The van der Waals surface area contributed by atoms with Crippen LogP contribution in [0.4, 0.5) is 11.6 Å². The average molecular weight is 521 g/mol. The molecule has 0 radical (unpaired) electrons. The van der Waals surface area contributed by atoms with Gasteiger partial charge in [-0.05, 0) is 29.0 Å². The van der Waals surface area contributed by atoms with E-state index in [0.717, 1.165) is 16.5 Å². The minimum Gasteiger partial charge on any atom is -0.382 e. The van der Waals surface area contributed by atoms with E-state index >= 15 is 0 Å². The largest absolute Gasteiger partial charge is 0.382 e. The summed E-state index contributed by atoms with van der Waals surface area (Å²) in [5.74, 6) is 0.264. The fourth-order valence-electron chi connectivity index (χ4n) is 4.78. The van der Waals surface area contributed by atoms with E-state index in [0.29, 0.717) is 30.8 Å². The highest BCUT2D eigenvalue weighted by atomic mass is 16.6. The van der Waals surface area contributed by atoms with Crippen LogP contribution in [-0.2, 0) is 14.2 Å². The van der Waals surface area contributed by atoms with Gasteiger partial charge in [-0.3, -0.25) is 19.1 Å². The molecule has 0 unspecified atom stereocenters. The first-order valence-corrected chi connectivity index (χ1v) is 12.5. The third kappa shape index (κ3) is 5.13. The number of imidazole rings is 1. The lowest BCUT2D eigenvalue weighted by atomic mass is 10.0. The number of aromatic nitrogens is 4. The van der Waals surface area contributed by atoms with Gasteiger partial charge in [0, 0.05) is 59.0 Å². The molecule has 1 aliphatic heterocycles. The van der Waals surface area contributed by atoms with Crippen molar-refractivity contribution in [1.29, 1.82) is 0 Å². The van der Waals surface area contributed by atoms with Gasteiger partial charge in [0.2, 0.25) is 5.95 Å². The van der Waals surface area contributed by atoms with Crippen LogP contribution in [0.5, 0.6) is 0 Å². The number of H-pyrrole nitrogens is 1. The summed E-state index contributed by atoms with van der Waals surface area (Å²) < 4.78 is 18.6. The second-order valence-electron chi connectivity index (χ2n) is 9.57. The molecule has 3 atom stereocenters. The number of carbonyl (C=O) groups excluding carboxylic acids is 1. The molecule has 3 heterocycles. The van der Waals surface area contributed by atoms with Crippen LogP contribution in [0.15, 0.2) is 47.5 Å². The van der Waals surface area contributed by atoms with E-state index in [9.17, 15) is 9.59 Å². The number of fused-ring (bicyclic) bond motifs is 2. The molecule has 1 aliphatic rings. The van der Waals surface area contributed by atoms with Crippen LogP contribution in [0.2, 0.25) is 0 Å². The maximum atomic E-state index is 12.9. The summed E-state index contributed by atoms with van der Waals surface area (Å²) >= 11 is 0. The number of nitrogens with one attached hydrogen (secondary N) is 2. The van der Waals surface area contributed by atoms with Gasteiger partial charge in [0.05, 0.1) is 19.0 Å². The summed E-state index contributed by atoms with van der Waals surface area (Å²) in [4.78, 5) is 39.1. The predicted octanol–water partition coefficient (Wildman–Crippen LogP) is 2.97. The molecule has 1 saturated heterocycles. The molecule has 5 rings (SSSR count). The second kappa shape index (κ2) is 10.9. The monoisotopic (exact) mass is 520 g/mol. The zero-order valence-electron chi connectivity index (χ0n) is 21.9. The lowest BCUT2D eigenvalue weighted by Gasteiger charge is -2.16. The summed E-state index contributed by atoms with van der Waals surface area (Å²) in [5, 5.41) is 5.16. The number of aromatic amines is 1. The Bertz CT molecular complexity index is 1510. The van der Waals surface area contributed by atoms with Gasteiger partial charge in [0.1, 0.15) is 12.3 Å². The molecule has 2 aromatic carbocycles. The molecule has 0 bridgehead atoms. The highest BCUT2D eigenvalue weighted by Gasteiger charge is 2.37. The van der Waals surface area contributed by atoms with Crippen molar-refractivity contribution in [2.24, 2.45) is 0 Å². The quantitative estimate of drug-likeness (QED) is 0.304. The number of hydrogen-bond acceptors (Lipinski definition) is 9. The van der Waals surface area contributed by atoms with Gasteiger partial charge < -0.3 is 24.4 Å². The van der Waals surface area contributed by atoms with Crippen LogP contribution in [-0.4, -0.2) is 79.0 Å². The first-order valence-electron chi connectivity index (χ1n) is 12.5. The lowest BCUT2D eigenvalue weighted by molar-refractivity contribution is -0.0597. The van der Waals surface area contributed by atoms with Gasteiger partial charge in [-0.15, -0.1) is 0 Å². The molecule has 0 spiro atoms. The molecule has 0 amide bonds. The Morgan fingerprint density at radius 3 is 2.76 bits per heavy atom. The summed E-state index contributed by atoms with van der Waals surface area (Å²) in [6, 6.07) is 11.9. The summed E-state index contributed by atoms with van der Waals surface area (Å²) in [7, 11) is 7.24. The average Bonchev–Trinajstić information content (AvgIpc) is 3.52. The van der Waals surface area contributed by atoms with Gasteiger partial charge in [-0.1, -0.05) is 18.2 Å². The number of hydrogen-bond donors (Lipinski definition) is 2. The number of Topliss-reactive ketones (excluding diaryl/α,β-unsaturated/α-hetero) is 1. The Kier molecular flexibility index (Phi) is 7.41. The number of carbonyl (C=O) groups is 1. The molecule has 2 N–H and O–H groups in total. The van der Waals surface area contributed by atoms with Crippen LogP contribution < -0.4 is 15.8 Å². The molecule has 1 fully saturated rings. The number of ether oxygens (including phenoxy) is 3. The standard InChI is InChI=1S/C27H32N6O5/c1-32(2)19-8-7-16-11-18(6-5-17(16)12-19)20(34)9-10-28-27-30-25-24(26(35)31-27)29-15-33(25)23-13-21(37-4)22(38-23)14-36-3/h5-8,11-12,15,21-23H,9-10,13-14H2,1-4H3,(H2,28,30,31,35)/t21-,22+,23+/m0/s1. The third-order valence-corrected chi connectivity index (χ3v) is 6.86. The van der Waals surface area contributed by atoms with Crippen molar-refractivity contribution in [2.45, 2.75) is 31.3 Å². The second-order valence-corrected chi connectivity index (χ2v) is 9.57. The highest BCUT2D eigenvalue weighted by Crippen LogP contribution is 2.32. The van der Waals surface area contributed by atoms with E-state index in [1.165, 1.54) is 0 Å². The molecule has 11 nitrogen and oxygen atoms in total. The van der Waals surface area contributed by atoms with E-state index in [2.05, 4.69) is 26.3 Å². The Morgan fingerprint density at radius 2 is 2.00 bits per heavy atom. The molecule has 2 aromatic heterocycles. The molecule has 4 aromatic rings. The van der Waals surface area contributed by atoms with Crippen molar-refractivity contribution < 1.29 is 19.0 Å². The summed E-state index contributed by atoms with van der Waals surface area (Å²) in [5.41, 5.74) is 1.99. The zero-order valence-corrected chi connectivity index (χ0v) is 21.9. The van der Waals surface area contributed by atoms with Crippen LogP contribution in [0.1, 0.15) is 29.4 Å².